The quantitative estimate of drug-likeness (QED) is 0.632. The van der Waals surface area contributed by atoms with Crippen LogP contribution in [0.1, 0.15) is 17.4 Å². The van der Waals surface area contributed by atoms with Gasteiger partial charge in [0.05, 0.1) is 0 Å². The SMILES string of the molecule is C[C@@H](N1CNn2ccc(=O)c(OC(=O)Oc3ccccc3)c2C1=O)C(F)(F)F. The van der Waals surface area contributed by atoms with Crippen LogP contribution in [0, 0.1) is 0 Å². The van der Waals surface area contributed by atoms with Gasteiger partial charge < -0.3 is 19.8 Å². The number of pyridine rings is 1. The van der Waals surface area contributed by atoms with Crippen LogP contribution in [0.5, 0.6) is 11.5 Å². The topological polar surface area (TPSA) is 89.9 Å². The summed E-state index contributed by atoms with van der Waals surface area (Å²) in [5, 5.41) is 0. The lowest BCUT2D eigenvalue weighted by molar-refractivity contribution is -0.172. The van der Waals surface area contributed by atoms with Crippen LogP contribution in [-0.2, 0) is 0 Å². The lowest BCUT2D eigenvalue weighted by atomic mass is 10.2. The summed E-state index contributed by atoms with van der Waals surface area (Å²) in [5.74, 6) is -1.74. The molecule has 0 unspecified atom stereocenters. The molecule has 3 rings (SSSR count). The molecule has 0 saturated carbocycles. The molecule has 0 radical (unpaired) electrons. The van der Waals surface area contributed by atoms with Crippen LogP contribution in [0.15, 0.2) is 47.4 Å². The molecule has 2 aromatic rings. The van der Waals surface area contributed by atoms with E-state index < -0.39 is 47.8 Å². The van der Waals surface area contributed by atoms with E-state index >= 15 is 0 Å². The Kier molecular flexibility index (Phi) is 4.99. The third-order valence-electron chi connectivity index (χ3n) is 4.00. The first-order chi connectivity index (χ1) is 13.2. The predicted molar refractivity (Wildman–Crippen MR) is 89.7 cm³/mol. The summed E-state index contributed by atoms with van der Waals surface area (Å²) in [5.41, 5.74) is 1.13. The zero-order valence-electron chi connectivity index (χ0n) is 14.4. The van der Waals surface area contributed by atoms with E-state index in [0.29, 0.717) is 4.90 Å². The lowest BCUT2D eigenvalue weighted by Crippen LogP contribution is -2.54. The summed E-state index contributed by atoms with van der Waals surface area (Å²) in [6, 6.07) is 6.64. The maximum atomic E-state index is 13.0. The monoisotopic (exact) mass is 397 g/mol. The van der Waals surface area contributed by atoms with Gasteiger partial charge in [0.15, 0.2) is 5.69 Å². The van der Waals surface area contributed by atoms with Crippen molar-refractivity contribution >= 4 is 12.1 Å². The summed E-state index contributed by atoms with van der Waals surface area (Å²) < 4.78 is 49.8. The highest BCUT2D eigenvalue weighted by Gasteiger charge is 2.45. The number of ether oxygens (including phenoxy) is 2. The second-order valence-corrected chi connectivity index (χ2v) is 5.80. The van der Waals surface area contributed by atoms with Crippen LogP contribution >= 0.6 is 0 Å². The van der Waals surface area contributed by atoms with E-state index in [-0.39, 0.29) is 5.75 Å². The molecule has 148 valence electrons. The minimum absolute atomic E-state index is 0.120. The molecule has 1 aromatic carbocycles. The van der Waals surface area contributed by atoms with Crippen LogP contribution in [0.4, 0.5) is 18.0 Å². The van der Waals surface area contributed by atoms with Gasteiger partial charge >= 0.3 is 12.3 Å². The van der Waals surface area contributed by atoms with Crippen molar-refractivity contribution in [3.05, 3.63) is 58.5 Å². The molecule has 1 aliphatic rings. The van der Waals surface area contributed by atoms with Crippen molar-refractivity contribution in [3.8, 4) is 11.5 Å². The Labute approximate surface area is 156 Å². The number of rotatable bonds is 3. The number of hydrogen-bond donors (Lipinski definition) is 1. The highest BCUT2D eigenvalue weighted by molar-refractivity contribution is 5.97. The van der Waals surface area contributed by atoms with Gasteiger partial charge in [-0.15, -0.1) is 0 Å². The van der Waals surface area contributed by atoms with Crippen LogP contribution < -0.4 is 20.3 Å². The van der Waals surface area contributed by atoms with Gasteiger partial charge in [-0.05, 0) is 19.1 Å². The first-order valence-electron chi connectivity index (χ1n) is 8.00. The first kappa shape index (κ1) is 19.3. The molecular formula is C17H14F3N3O5. The van der Waals surface area contributed by atoms with Gasteiger partial charge in [-0.2, -0.15) is 13.2 Å². The van der Waals surface area contributed by atoms with E-state index in [9.17, 15) is 27.6 Å². The number of nitrogens with one attached hydrogen (secondary N) is 1. The van der Waals surface area contributed by atoms with E-state index in [1.807, 2.05) is 0 Å². The maximum absolute atomic E-state index is 13.0. The number of aromatic nitrogens is 1. The van der Waals surface area contributed by atoms with E-state index in [4.69, 9.17) is 9.47 Å². The summed E-state index contributed by atoms with van der Waals surface area (Å²) in [4.78, 5) is 37.2. The molecular weight excluding hydrogens is 383 g/mol. The number of para-hydroxylation sites is 1. The summed E-state index contributed by atoms with van der Waals surface area (Å²) in [6.07, 6.45) is -4.84. The van der Waals surface area contributed by atoms with E-state index in [1.165, 1.54) is 12.1 Å². The van der Waals surface area contributed by atoms with Crippen molar-refractivity contribution in [2.24, 2.45) is 0 Å². The summed E-state index contributed by atoms with van der Waals surface area (Å²) in [7, 11) is 0. The molecule has 1 aliphatic heterocycles. The number of carbonyl (C=O) groups is 2. The van der Waals surface area contributed by atoms with Gasteiger partial charge in [0.2, 0.25) is 11.2 Å². The largest absolute Gasteiger partial charge is 0.519 e. The van der Waals surface area contributed by atoms with E-state index in [1.54, 1.807) is 18.2 Å². The van der Waals surface area contributed by atoms with Crippen molar-refractivity contribution in [1.29, 1.82) is 0 Å². The van der Waals surface area contributed by atoms with Gasteiger partial charge in [0, 0.05) is 12.3 Å². The van der Waals surface area contributed by atoms with Crippen molar-refractivity contribution < 1.29 is 32.2 Å². The average molecular weight is 397 g/mol. The Morgan fingerprint density at radius 3 is 2.46 bits per heavy atom. The van der Waals surface area contributed by atoms with Gasteiger partial charge in [-0.3, -0.25) is 14.3 Å². The van der Waals surface area contributed by atoms with Gasteiger partial charge in [0.1, 0.15) is 18.5 Å². The molecule has 0 spiro atoms. The smallest absolute Gasteiger partial charge is 0.395 e. The minimum atomic E-state index is -4.68. The third-order valence-corrected chi connectivity index (χ3v) is 4.00. The maximum Gasteiger partial charge on any atom is 0.519 e. The normalized spacial score (nSPS) is 14.7. The third kappa shape index (κ3) is 3.77. The van der Waals surface area contributed by atoms with E-state index in [0.717, 1.165) is 23.9 Å². The number of benzene rings is 1. The van der Waals surface area contributed by atoms with Crippen molar-refractivity contribution in [2.75, 3.05) is 12.1 Å². The zero-order valence-corrected chi connectivity index (χ0v) is 14.4. The first-order valence-corrected chi connectivity index (χ1v) is 8.00. The molecule has 0 bridgehead atoms. The fourth-order valence-electron chi connectivity index (χ4n) is 2.49. The molecule has 28 heavy (non-hydrogen) atoms. The van der Waals surface area contributed by atoms with Gasteiger partial charge in [0.25, 0.3) is 5.91 Å². The summed E-state index contributed by atoms with van der Waals surface area (Å²) >= 11 is 0. The molecule has 1 atom stereocenters. The molecule has 2 heterocycles. The molecule has 0 fully saturated rings. The van der Waals surface area contributed by atoms with Crippen LogP contribution in [-0.4, -0.2) is 40.5 Å². The Balaban J connectivity index is 1.91. The number of fused-ring (bicyclic) bond motifs is 1. The standard InChI is InChI=1S/C17H14F3N3O5/c1-10(17(18,19)20)22-9-21-23-8-7-12(24)14(13(23)15(22)25)28-16(26)27-11-5-3-2-4-6-11/h2-8,10,21H,9H2,1H3/t10-/m1/s1. The van der Waals surface area contributed by atoms with Crippen LogP contribution in [0.2, 0.25) is 0 Å². The highest BCUT2D eigenvalue weighted by atomic mass is 19.4. The second-order valence-electron chi connectivity index (χ2n) is 5.80. The Hall–Kier alpha value is -3.50. The van der Waals surface area contributed by atoms with Crippen molar-refractivity contribution in [3.63, 3.8) is 0 Å². The molecule has 0 aliphatic carbocycles. The van der Waals surface area contributed by atoms with Crippen LogP contribution in [0.3, 0.4) is 0 Å². The van der Waals surface area contributed by atoms with Crippen molar-refractivity contribution in [2.45, 2.75) is 19.1 Å². The summed E-state index contributed by atoms with van der Waals surface area (Å²) in [6.45, 7) is 0.351. The highest BCUT2D eigenvalue weighted by Crippen LogP contribution is 2.28. The number of nitrogens with zero attached hydrogens (tertiary/aromatic N) is 2. The molecule has 8 nitrogen and oxygen atoms in total. The molecule has 1 amide bonds. The second kappa shape index (κ2) is 7.25. The Morgan fingerprint density at radius 1 is 1.14 bits per heavy atom. The lowest BCUT2D eigenvalue weighted by Gasteiger charge is -2.36. The number of hydrogen-bond acceptors (Lipinski definition) is 6. The van der Waals surface area contributed by atoms with Gasteiger partial charge in [-0.1, -0.05) is 18.2 Å². The number of carbonyl (C=O) groups excluding carboxylic acids is 2. The number of alkyl halides is 3. The average Bonchev–Trinajstić information content (AvgIpc) is 2.64. The minimum Gasteiger partial charge on any atom is -0.395 e. The fraction of sp³-hybridized carbons (Fsp3) is 0.235. The molecule has 1 N–H and O–H groups in total. The Morgan fingerprint density at radius 2 is 1.82 bits per heavy atom. The molecule has 0 saturated heterocycles. The molecule has 11 heteroatoms. The van der Waals surface area contributed by atoms with Crippen molar-refractivity contribution in [1.82, 2.24) is 9.58 Å². The Bertz CT molecular complexity index is 959. The molecule has 1 aromatic heterocycles. The van der Waals surface area contributed by atoms with Crippen LogP contribution in [0.25, 0.3) is 0 Å². The fourth-order valence-corrected chi connectivity index (χ4v) is 2.49. The number of amides is 1. The zero-order chi connectivity index (χ0) is 20.5. The van der Waals surface area contributed by atoms with Gasteiger partial charge in [-0.25, -0.2) is 4.79 Å². The predicted octanol–water partition coefficient (Wildman–Crippen LogP) is 2.33. The number of halogens is 3. The van der Waals surface area contributed by atoms with E-state index in [2.05, 4.69) is 5.43 Å².